The Balaban J connectivity index is 3.08. The molecule has 16 heavy (non-hydrogen) atoms. The van der Waals surface area contributed by atoms with Crippen molar-refractivity contribution in [1.82, 2.24) is 9.71 Å². The van der Waals surface area contributed by atoms with E-state index in [1.165, 1.54) is 6.92 Å². The van der Waals surface area contributed by atoms with Crippen LogP contribution in [-0.2, 0) is 10.0 Å². The van der Waals surface area contributed by atoms with E-state index in [1.54, 1.807) is 0 Å². The zero-order chi connectivity index (χ0) is 12.3. The fourth-order valence-corrected chi connectivity index (χ4v) is 2.43. The quantitative estimate of drug-likeness (QED) is 0.696. The van der Waals surface area contributed by atoms with Crippen molar-refractivity contribution in [3.05, 3.63) is 27.6 Å². The van der Waals surface area contributed by atoms with Crippen LogP contribution in [0.15, 0.2) is 22.0 Å². The number of pyridine rings is 1. The number of aliphatic hydroxyl groups excluding tert-OH is 1. The van der Waals surface area contributed by atoms with E-state index in [0.29, 0.717) is 0 Å². The summed E-state index contributed by atoms with van der Waals surface area (Å²) in [7, 11) is -3.78. The molecule has 0 saturated carbocycles. The Bertz CT molecular complexity index is 525. The Morgan fingerprint density at radius 1 is 1.62 bits per heavy atom. The summed E-state index contributed by atoms with van der Waals surface area (Å²) in [4.78, 5) is 13.0. The molecule has 0 aromatic carbocycles. The van der Waals surface area contributed by atoms with Gasteiger partial charge in [-0.3, -0.25) is 4.79 Å². The molecule has 0 aliphatic heterocycles. The maximum Gasteiger partial charge on any atom is 0.266 e. The normalized spacial score (nSPS) is 13.7. The monoisotopic (exact) mass is 266 g/mol. The van der Waals surface area contributed by atoms with Gasteiger partial charge in [0, 0.05) is 12.2 Å². The van der Waals surface area contributed by atoms with Crippen LogP contribution in [0.1, 0.15) is 6.92 Å². The van der Waals surface area contributed by atoms with Gasteiger partial charge >= 0.3 is 0 Å². The third-order valence-corrected chi connectivity index (χ3v) is 3.62. The fraction of sp³-hybridized carbons (Fsp3) is 0.375. The van der Waals surface area contributed by atoms with Crippen LogP contribution in [0.3, 0.4) is 0 Å². The van der Waals surface area contributed by atoms with Gasteiger partial charge in [-0.25, -0.2) is 13.1 Å². The number of aromatic amines is 1. The highest BCUT2D eigenvalue weighted by Crippen LogP contribution is 2.10. The van der Waals surface area contributed by atoms with E-state index in [1.807, 2.05) is 0 Å². The van der Waals surface area contributed by atoms with Crippen molar-refractivity contribution in [1.29, 1.82) is 0 Å². The number of sulfonamides is 1. The first-order chi connectivity index (χ1) is 7.36. The highest BCUT2D eigenvalue weighted by atomic mass is 35.5. The molecule has 8 heteroatoms. The zero-order valence-corrected chi connectivity index (χ0v) is 9.97. The second-order valence-corrected chi connectivity index (χ2v) is 5.34. The van der Waals surface area contributed by atoms with Gasteiger partial charge in [0.15, 0.2) is 0 Å². The molecule has 1 unspecified atom stereocenters. The number of aromatic nitrogens is 1. The molecule has 0 spiro atoms. The third kappa shape index (κ3) is 3.05. The van der Waals surface area contributed by atoms with Crippen LogP contribution >= 0.6 is 11.6 Å². The number of hydrogen-bond acceptors (Lipinski definition) is 4. The largest absolute Gasteiger partial charge is 0.395 e. The molecule has 0 amide bonds. The molecule has 1 heterocycles. The smallest absolute Gasteiger partial charge is 0.266 e. The predicted molar refractivity (Wildman–Crippen MR) is 58.9 cm³/mol. The Hall–Kier alpha value is -0.890. The van der Waals surface area contributed by atoms with Crippen molar-refractivity contribution in [3.8, 4) is 0 Å². The van der Waals surface area contributed by atoms with Crippen LogP contribution in [0, 0.1) is 0 Å². The summed E-state index contributed by atoms with van der Waals surface area (Å²) in [5, 5.41) is 8.52. The maximum atomic E-state index is 11.7. The fourth-order valence-electron chi connectivity index (χ4n) is 0.963. The average molecular weight is 267 g/mol. The number of H-pyrrole nitrogens is 1. The summed E-state index contributed by atoms with van der Waals surface area (Å²) >= 11 is 5.50. The van der Waals surface area contributed by atoms with Crippen molar-refractivity contribution in [3.63, 3.8) is 0 Å². The van der Waals surface area contributed by atoms with Crippen LogP contribution in [0.25, 0.3) is 0 Å². The Morgan fingerprint density at radius 2 is 2.25 bits per heavy atom. The van der Waals surface area contributed by atoms with Gasteiger partial charge in [-0.2, -0.15) is 0 Å². The average Bonchev–Trinajstić information content (AvgIpc) is 2.21. The first-order valence-corrected chi connectivity index (χ1v) is 6.24. The Kier molecular flexibility index (Phi) is 4.09. The molecule has 0 aliphatic rings. The SMILES string of the molecule is CC(CO)NS(=O)(=O)c1c[nH]c(=O)c(Cl)c1. The zero-order valence-electron chi connectivity index (χ0n) is 8.40. The minimum absolute atomic E-state index is 0.155. The number of rotatable bonds is 4. The molecular weight excluding hydrogens is 256 g/mol. The molecule has 0 radical (unpaired) electrons. The molecule has 1 aromatic heterocycles. The number of aliphatic hydroxyl groups is 1. The van der Waals surface area contributed by atoms with Crippen LogP contribution in [0.2, 0.25) is 5.02 Å². The summed E-state index contributed by atoms with van der Waals surface area (Å²) in [6, 6.07) is 0.433. The van der Waals surface area contributed by atoms with Crippen molar-refractivity contribution in [2.24, 2.45) is 0 Å². The van der Waals surface area contributed by atoms with Crippen LogP contribution in [0.4, 0.5) is 0 Å². The maximum absolute atomic E-state index is 11.7. The van der Waals surface area contributed by atoms with Crippen LogP contribution in [0.5, 0.6) is 0 Å². The van der Waals surface area contributed by atoms with Crippen molar-refractivity contribution >= 4 is 21.6 Å². The minimum Gasteiger partial charge on any atom is -0.395 e. The molecule has 1 atom stereocenters. The molecule has 90 valence electrons. The molecule has 0 bridgehead atoms. The standard InChI is InChI=1S/C8H11ClN2O4S/c1-5(4-12)11-16(14,15)6-2-7(9)8(13)10-3-6/h2-3,5,11-12H,4H2,1H3,(H,10,13). The van der Waals surface area contributed by atoms with Gasteiger partial charge in [0.05, 0.1) is 11.5 Å². The van der Waals surface area contributed by atoms with Crippen molar-refractivity contribution < 1.29 is 13.5 Å². The summed E-state index contributed by atoms with van der Waals surface area (Å²) < 4.78 is 25.5. The van der Waals surface area contributed by atoms with E-state index in [0.717, 1.165) is 12.3 Å². The minimum atomic E-state index is -3.78. The van der Waals surface area contributed by atoms with E-state index in [-0.39, 0.29) is 16.5 Å². The lowest BCUT2D eigenvalue weighted by Gasteiger charge is -2.11. The van der Waals surface area contributed by atoms with E-state index < -0.39 is 21.6 Å². The number of halogens is 1. The molecule has 0 fully saturated rings. The molecule has 3 N–H and O–H groups in total. The lowest BCUT2D eigenvalue weighted by Crippen LogP contribution is -2.35. The number of nitrogens with one attached hydrogen (secondary N) is 2. The van der Waals surface area contributed by atoms with Gasteiger partial charge in [-0.1, -0.05) is 11.6 Å². The second-order valence-electron chi connectivity index (χ2n) is 3.22. The molecule has 1 aromatic rings. The lowest BCUT2D eigenvalue weighted by molar-refractivity contribution is 0.265. The first kappa shape index (κ1) is 13.2. The third-order valence-electron chi connectivity index (χ3n) is 1.77. The molecular formula is C8H11ClN2O4S. The predicted octanol–water partition coefficient (Wildman–Crippen LogP) is -0.313. The van der Waals surface area contributed by atoms with Gasteiger partial charge in [0.1, 0.15) is 5.02 Å². The van der Waals surface area contributed by atoms with Gasteiger partial charge in [-0.05, 0) is 13.0 Å². The lowest BCUT2D eigenvalue weighted by atomic mass is 10.4. The van der Waals surface area contributed by atoms with Gasteiger partial charge < -0.3 is 10.1 Å². The molecule has 6 nitrogen and oxygen atoms in total. The van der Waals surface area contributed by atoms with E-state index in [9.17, 15) is 13.2 Å². The highest BCUT2D eigenvalue weighted by molar-refractivity contribution is 7.89. The van der Waals surface area contributed by atoms with Gasteiger partial charge in [0.2, 0.25) is 10.0 Å². The summed E-state index contributed by atoms with van der Waals surface area (Å²) in [6.45, 7) is 1.18. The van der Waals surface area contributed by atoms with E-state index in [4.69, 9.17) is 16.7 Å². The van der Waals surface area contributed by atoms with Crippen molar-refractivity contribution in [2.75, 3.05) is 6.61 Å². The van der Waals surface area contributed by atoms with Crippen LogP contribution in [-0.4, -0.2) is 31.2 Å². The van der Waals surface area contributed by atoms with E-state index in [2.05, 4.69) is 9.71 Å². The van der Waals surface area contributed by atoms with Gasteiger partial charge in [0.25, 0.3) is 5.56 Å². The van der Waals surface area contributed by atoms with Gasteiger partial charge in [-0.15, -0.1) is 0 Å². The summed E-state index contributed by atoms with van der Waals surface area (Å²) in [6.07, 6.45) is 1.04. The molecule has 0 aliphatic carbocycles. The topological polar surface area (TPSA) is 99.3 Å². The molecule has 0 saturated heterocycles. The second kappa shape index (κ2) is 4.96. The summed E-state index contributed by atoms with van der Waals surface area (Å²) in [5.41, 5.74) is -0.559. The van der Waals surface area contributed by atoms with Crippen molar-refractivity contribution in [2.45, 2.75) is 17.9 Å². The first-order valence-electron chi connectivity index (χ1n) is 4.38. The number of hydrogen-bond donors (Lipinski definition) is 3. The van der Waals surface area contributed by atoms with E-state index >= 15 is 0 Å². The highest BCUT2D eigenvalue weighted by Gasteiger charge is 2.17. The Morgan fingerprint density at radius 3 is 2.75 bits per heavy atom. The van der Waals surface area contributed by atoms with Crippen LogP contribution < -0.4 is 10.3 Å². The summed E-state index contributed by atoms with van der Waals surface area (Å²) in [5.74, 6) is 0. The Labute approximate surface area is 97.3 Å². The molecule has 1 rings (SSSR count).